The predicted molar refractivity (Wildman–Crippen MR) is 83.8 cm³/mol. The highest BCUT2D eigenvalue weighted by molar-refractivity contribution is 9.10. The molecule has 0 radical (unpaired) electrons. The van der Waals surface area contributed by atoms with E-state index in [9.17, 15) is 4.79 Å². The van der Waals surface area contributed by atoms with Gasteiger partial charge in [-0.3, -0.25) is 4.68 Å². The summed E-state index contributed by atoms with van der Waals surface area (Å²) < 4.78 is 7.97. The molecule has 6 heteroatoms. The summed E-state index contributed by atoms with van der Waals surface area (Å²) in [7, 11) is 0. The van der Waals surface area contributed by atoms with E-state index in [1.165, 1.54) is 0 Å². The van der Waals surface area contributed by atoms with Crippen molar-refractivity contribution in [1.82, 2.24) is 15.1 Å². The third-order valence-electron chi connectivity index (χ3n) is 2.90. The summed E-state index contributed by atoms with van der Waals surface area (Å²) in [6, 6.07) is 9.63. The first-order valence-electron chi connectivity index (χ1n) is 6.86. The van der Waals surface area contributed by atoms with E-state index < -0.39 is 0 Å². The molecule has 0 saturated heterocycles. The van der Waals surface area contributed by atoms with Crippen molar-refractivity contribution >= 4 is 22.0 Å². The number of ether oxygens (including phenoxy) is 1. The summed E-state index contributed by atoms with van der Waals surface area (Å²) in [6.07, 6.45) is 5.16. The minimum Gasteiger partial charge on any atom is -0.445 e. The lowest BCUT2D eigenvalue weighted by molar-refractivity contribution is 0.139. The van der Waals surface area contributed by atoms with Gasteiger partial charge in [-0.05, 0) is 34.3 Å². The Kier molecular flexibility index (Phi) is 6.27. The summed E-state index contributed by atoms with van der Waals surface area (Å²) in [4.78, 5) is 11.5. The number of nitrogens with one attached hydrogen (secondary N) is 1. The quantitative estimate of drug-likeness (QED) is 0.778. The van der Waals surface area contributed by atoms with E-state index in [2.05, 4.69) is 26.3 Å². The second-order valence-corrected chi connectivity index (χ2v) is 5.53. The zero-order valence-electron chi connectivity index (χ0n) is 11.7. The van der Waals surface area contributed by atoms with E-state index in [1.807, 2.05) is 41.2 Å². The average Bonchev–Trinajstić information content (AvgIpc) is 2.91. The van der Waals surface area contributed by atoms with Crippen molar-refractivity contribution in [3.05, 3.63) is 52.8 Å². The SMILES string of the molecule is O=C(NCCCCn1cc(Br)cn1)OCc1ccccc1. The van der Waals surface area contributed by atoms with Crippen molar-refractivity contribution in [2.45, 2.75) is 26.0 Å². The van der Waals surface area contributed by atoms with Crippen molar-refractivity contribution in [3.8, 4) is 0 Å². The van der Waals surface area contributed by atoms with Gasteiger partial charge in [0, 0.05) is 19.3 Å². The Morgan fingerprint density at radius 1 is 1.29 bits per heavy atom. The van der Waals surface area contributed by atoms with Gasteiger partial charge in [0.15, 0.2) is 0 Å². The molecule has 1 aromatic heterocycles. The number of halogens is 1. The van der Waals surface area contributed by atoms with Crippen LogP contribution in [0.25, 0.3) is 0 Å². The molecule has 1 amide bonds. The predicted octanol–water partition coefficient (Wildman–Crippen LogP) is 3.35. The Morgan fingerprint density at radius 2 is 2.10 bits per heavy atom. The van der Waals surface area contributed by atoms with Crippen LogP contribution in [0.5, 0.6) is 0 Å². The first kappa shape index (κ1) is 15.6. The Morgan fingerprint density at radius 3 is 2.81 bits per heavy atom. The summed E-state index contributed by atoms with van der Waals surface area (Å²) in [5, 5.41) is 6.91. The molecule has 0 bridgehead atoms. The number of amides is 1. The van der Waals surface area contributed by atoms with E-state index >= 15 is 0 Å². The molecule has 0 aliphatic rings. The van der Waals surface area contributed by atoms with Crippen LogP contribution in [-0.2, 0) is 17.9 Å². The van der Waals surface area contributed by atoms with Gasteiger partial charge in [0.25, 0.3) is 0 Å². The van der Waals surface area contributed by atoms with E-state index in [0.29, 0.717) is 13.2 Å². The number of hydrogen-bond acceptors (Lipinski definition) is 3. The van der Waals surface area contributed by atoms with Crippen LogP contribution < -0.4 is 5.32 Å². The molecule has 1 N–H and O–H groups in total. The first-order chi connectivity index (χ1) is 10.2. The zero-order chi connectivity index (χ0) is 14.9. The Labute approximate surface area is 132 Å². The number of nitrogens with zero attached hydrogens (tertiary/aromatic N) is 2. The van der Waals surface area contributed by atoms with Crippen LogP contribution in [0, 0.1) is 0 Å². The molecule has 0 unspecified atom stereocenters. The van der Waals surface area contributed by atoms with Gasteiger partial charge < -0.3 is 10.1 Å². The van der Waals surface area contributed by atoms with Crippen molar-refractivity contribution < 1.29 is 9.53 Å². The van der Waals surface area contributed by atoms with Gasteiger partial charge in [0.05, 0.1) is 10.7 Å². The van der Waals surface area contributed by atoms with Gasteiger partial charge in [-0.1, -0.05) is 30.3 Å². The van der Waals surface area contributed by atoms with E-state index in [0.717, 1.165) is 29.4 Å². The van der Waals surface area contributed by atoms with Crippen molar-refractivity contribution in [2.24, 2.45) is 0 Å². The number of benzene rings is 1. The molecular formula is C15H18BrN3O2. The van der Waals surface area contributed by atoms with Crippen LogP contribution in [-0.4, -0.2) is 22.4 Å². The van der Waals surface area contributed by atoms with Gasteiger partial charge in [0.2, 0.25) is 0 Å². The number of rotatable bonds is 7. The second kappa shape index (κ2) is 8.46. The molecule has 112 valence electrons. The van der Waals surface area contributed by atoms with Gasteiger partial charge in [-0.15, -0.1) is 0 Å². The highest BCUT2D eigenvalue weighted by Crippen LogP contribution is 2.06. The van der Waals surface area contributed by atoms with E-state index in [4.69, 9.17) is 4.74 Å². The number of carbonyl (C=O) groups excluding carboxylic acids is 1. The number of aromatic nitrogens is 2. The van der Waals surface area contributed by atoms with E-state index in [-0.39, 0.29) is 6.09 Å². The molecule has 0 atom stereocenters. The second-order valence-electron chi connectivity index (χ2n) is 4.62. The lowest BCUT2D eigenvalue weighted by Crippen LogP contribution is -2.25. The fraction of sp³-hybridized carbons (Fsp3) is 0.333. The summed E-state index contributed by atoms with van der Waals surface area (Å²) >= 11 is 3.35. The Hall–Kier alpha value is -1.82. The van der Waals surface area contributed by atoms with Crippen LogP contribution in [0.15, 0.2) is 47.2 Å². The minimum absolute atomic E-state index is 0.300. The van der Waals surface area contributed by atoms with Crippen LogP contribution in [0.4, 0.5) is 4.79 Å². The van der Waals surface area contributed by atoms with E-state index in [1.54, 1.807) is 6.20 Å². The molecule has 2 aromatic rings. The third-order valence-corrected chi connectivity index (χ3v) is 3.31. The molecule has 5 nitrogen and oxygen atoms in total. The normalized spacial score (nSPS) is 10.3. The largest absolute Gasteiger partial charge is 0.445 e. The molecule has 1 heterocycles. The first-order valence-corrected chi connectivity index (χ1v) is 7.66. The minimum atomic E-state index is -0.374. The molecule has 2 rings (SSSR count). The molecule has 0 fully saturated rings. The van der Waals surface area contributed by atoms with Crippen LogP contribution in [0.1, 0.15) is 18.4 Å². The number of aryl methyl sites for hydroxylation is 1. The van der Waals surface area contributed by atoms with Gasteiger partial charge >= 0.3 is 6.09 Å². The molecule has 0 aliphatic heterocycles. The summed E-state index contributed by atoms with van der Waals surface area (Å²) in [5.41, 5.74) is 0.983. The van der Waals surface area contributed by atoms with Gasteiger partial charge in [-0.2, -0.15) is 5.10 Å². The topological polar surface area (TPSA) is 56.2 Å². The molecular weight excluding hydrogens is 334 g/mol. The zero-order valence-corrected chi connectivity index (χ0v) is 13.3. The van der Waals surface area contributed by atoms with Crippen LogP contribution in [0.2, 0.25) is 0 Å². The number of carbonyl (C=O) groups is 1. The van der Waals surface area contributed by atoms with Gasteiger partial charge in [-0.25, -0.2) is 4.79 Å². The number of alkyl carbamates (subject to hydrolysis) is 1. The molecule has 21 heavy (non-hydrogen) atoms. The number of hydrogen-bond donors (Lipinski definition) is 1. The lowest BCUT2D eigenvalue weighted by Gasteiger charge is -2.07. The maximum absolute atomic E-state index is 11.5. The van der Waals surface area contributed by atoms with Crippen molar-refractivity contribution in [1.29, 1.82) is 0 Å². The Bertz CT molecular complexity index is 557. The smallest absolute Gasteiger partial charge is 0.407 e. The highest BCUT2D eigenvalue weighted by Gasteiger charge is 2.02. The van der Waals surface area contributed by atoms with Crippen molar-refractivity contribution in [3.63, 3.8) is 0 Å². The molecule has 0 spiro atoms. The maximum Gasteiger partial charge on any atom is 0.407 e. The molecule has 0 saturated carbocycles. The molecule has 1 aromatic carbocycles. The highest BCUT2D eigenvalue weighted by atomic mass is 79.9. The number of unbranched alkanes of at least 4 members (excludes halogenated alkanes) is 1. The monoisotopic (exact) mass is 351 g/mol. The average molecular weight is 352 g/mol. The third kappa shape index (κ3) is 5.99. The molecule has 0 aliphatic carbocycles. The summed E-state index contributed by atoms with van der Waals surface area (Å²) in [5.74, 6) is 0. The fourth-order valence-corrected chi connectivity index (χ4v) is 2.15. The Balaban J connectivity index is 1.53. The van der Waals surface area contributed by atoms with Crippen molar-refractivity contribution in [2.75, 3.05) is 6.54 Å². The fourth-order valence-electron chi connectivity index (χ4n) is 1.82. The maximum atomic E-state index is 11.5. The summed E-state index contributed by atoms with van der Waals surface area (Å²) in [6.45, 7) is 1.75. The lowest BCUT2D eigenvalue weighted by atomic mass is 10.2. The standard InChI is InChI=1S/C15H18BrN3O2/c16-14-10-18-19(11-14)9-5-4-8-17-15(20)21-12-13-6-2-1-3-7-13/h1-3,6-7,10-11H,4-5,8-9,12H2,(H,17,20). The van der Waals surface area contributed by atoms with Crippen LogP contribution >= 0.6 is 15.9 Å². The van der Waals surface area contributed by atoms with Crippen LogP contribution in [0.3, 0.4) is 0 Å². The van der Waals surface area contributed by atoms with Gasteiger partial charge in [0.1, 0.15) is 6.61 Å².